The van der Waals surface area contributed by atoms with Crippen molar-refractivity contribution in [2.24, 2.45) is 0 Å². The summed E-state index contributed by atoms with van der Waals surface area (Å²) in [5.74, 6) is -1.06. The molecule has 15 heteroatoms. The fourth-order valence-electron chi connectivity index (χ4n) is 3.44. The summed E-state index contributed by atoms with van der Waals surface area (Å²) in [5.41, 5.74) is -5.54. The minimum absolute atomic E-state index is 0.00397. The van der Waals surface area contributed by atoms with Gasteiger partial charge in [0.15, 0.2) is 0 Å². The average Bonchev–Trinajstić information content (AvgIpc) is 2.86. The maximum Gasteiger partial charge on any atom is 0.511 e. The summed E-state index contributed by atoms with van der Waals surface area (Å²) >= 11 is 0. The molecular formula is C24H23F4NO7S3. The van der Waals surface area contributed by atoms with Gasteiger partial charge in [-0.05, 0) is 55.3 Å². The molecule has 1 atom stereocenters. The first-order valence-corrected chi connectivity index (χ1v) is 15.7. The van der Waals surface area contributed by atoms with Crippen molar-refractivity contribution >= 4 is 29.7 Å². The lowest BCUT2D eigenvalue weighted by Crippen LogP contribution is -2.37. The fraction of sp³-hybridized carbons (Fsp3) is 0.250. The third-order valence-corrected chi connectivity index (χ3v) is 10.5. The molecule has 0 amide bonds. The van der Waals surface area contributed by atoms with Crippen molar-refractivity contribution in [2.75, 3.05) is 6.61 Å². The average molecular weight is 610 g/mol. The second-order valence-corrected chi connectivity index (χ2v) is 13.8. The summed E-state index contributed by atoms with van der Waals surface area (Å²) in [6.45, 7) is 3.12. The van der Waals surface area contributed by atoms with E-state index in [-0.39, 0.29) is 17.9 Å². The highest BCUT2D eigenvalue weighted by molar-refractivity contribution is 7.94. The van der Waals surface area contributed by atoms with Gasteiger partial charge in [0, 0.05) is 12.1 Å². The van der Waals surface area contributed by atoms with Crippen molar-refractivity contribution in [3.63, 3.8) is 0 Å². The largest absolute Gasteiger partial charge is 0.511 e. The van der Waals surface area contributed by atoms with Crippen molar-refractivity contribution in [3.05, 3.63) is 78.1 Å². The highest BCUT2D eigenvalue weighted by Crippen LogP contribution is 2.35. The molecule has 0 fully saturated rings. The summed E-state index contributed by atoms with van der Waals surface area (Å²) < 4.78 is 136. The van der Waals surface area contributed by atoms with Crippen molar-refractivity contribution in [1.82, 2.24) is 4.72 Å². The van der Waals surface area contributed by atoms with E-state index in [1.165, 1.54) is 22.9 Å². The van der Waals surface area contributed by atoms with Crippen LogP contribution in [0.15, 0.2) is 86.3 Å². The minimum atomic E-state index is -5.67. The lowest BCUT2D eigenvalue weighted by atomic mass is 10.1. The molecule has 0 spiro atoms. The second kappa shape index (κ2) is 11.2. The van der Waals surface area contributed by atoms with Gasteiger partial charge in [0.2, 0.25) is 19.7 Å². The van der Waals surface area contributed by atoms with E-state index in [1.807, 2.05) is 0 Å². The molecule has 0 radical (unpaired) electrons. The predicted molar refractivity (Wildman–Crippen MR) is 132 cm³/mol. The molecule has 0 bridgehead atoms. The van der Waals surface area contributed by atoms with Gasteiger partial charge in [0.1, 0.15) is 16.5 Å². The van der Waals surface area contributed by atoms with E-state index in [2.05, 4.69) is 0 Å². The zero-order valence-electron chi connectivity index (χ0n) is 20.4. The Balaban J connectivity index is 2.09. The Hall–Kier alpha value is -3.01. The van der Waals surface area contributed by atoms with Crippen LogP contribution in [0.4, 0.5) is 17.6 Å². The topological polar surface area (TPSA) is 124 Å². The number of benzene rings is 3. The van der Waals surface area contributed by atoms with Crippen molar-refractivity contribution in [2.45, 2.75) is 51.4 Å². The number of hydrogen-bond acceptors (Lipinski definition) is 7. The van der Waals surface area contributed by atoms with Gasteiger partial charge in [-0.25, -0.2) is 34.4 Å². The van der Waals surface area contributed by atoms with Crippen LogP contribution in [-0.4, -0.2) is 37.4 Å². The lowest BCUT2D eigenvalue weighted by molar-refractivity contribution is -0.0450. The summed E-state index contributed by atoms with van der Waals surface area (Å²) in [6, 6.07) is 10.4. The Kier molecular flexibility index (Phi) is 8.79. The van der Waals surface area contributed by atoms with E-state index < -0.39 is 66.6 Å². The van der Waals surface area contributed by atoms with Gasteiger partial charge in [0.05, 0.1) is 21.3 Å². The first-order valence-electron chi connectivity index (χ1n) is 11.2. The maximum absolute atomic E-state index is 14.5. The van der Waals surface area contributed by atoms with Gasteiger partial charge in [-0.3, -0.25) is 0 Å². The molecule has 0 heterocycles. The van der Waals surface area contributed by atoms with Gasteiger partial charge in [-0.2, -0.15) is 13.2 Å². The maximum atomic E-state index is 14.5. The molecule has 1 N–H and O–H groups in total. The van der Waals surface area contributed by atoms with Crippen LogP contribution in [0, 0.1) is 5.82 Å². The molecule has 0 saturated heterocycles. The smallest absolute Gasteiger partial charge is 0.494 e. The molecule has 212 valence electrons. The number of nitrogens with one attached hydrogen (secondary N) is 1. The molecule has 8 nitrogen and oxygen atoms in total. The number of rotatable bonds is 10. The Bertz CT molecular complexity index is 1670. The number of halogens is 4. The minimum Gasteiger partial charge on any atom is -0.494 e. The molecule has 0 aliphatic heterocycles. The molecule has 39 heavy (non-hydrogen) atoms. The van der Waals surface area contributed by atoms with E-state index in [9.17, 15) is 42.8 Å². The molecule has 0 aromatic heterocycles. The van der Waals surface area contributed by atoms with E-state index >= 15 is 0 Å². The van der Waals surface area contributed by atoms with Crippen LogP contribution in [0.25, 0.3) is 0 Å². The number of alkyl halides is 3. The Labute approximate surface area is 223 Å². The van der Waals surface area contributed by atoms with Crippen molar-refractivity contribution < 1.29 is 47.6 Å². The third kappa shape index (κ3) is 6.42. The highest BCUT2D eigenvalue weighted by Gasteiger charge is 2.46. The molecule has 0 aliphatic carbocycles. The number of ether oxygens (including phenoxy) is 1. The molecule has 0 aliphatic rings. The standard InChI is InChI=1S/C24H23F4NO7S3/c1-3-14-36-18-10-13-22(23(15-18)38(32,33)21-7-5-4-6-20(21)25)37(30,31)19-11-8-17(9-12-19)16(2)29-39(34,35)24(26,27)28/h4-13,15-16,29H,3,14H2,1-2H3/t16-/m0/s1. The van der Waals surface area contributed by atoms with Crippen molar-refractivity contribution in [1.29, 1.82) is 0 Å². The molecule has 3 aromatic rings. The van der Waals surface area contributed by atoms with Gasteiger partial charge < -0.3 is 4.74 Å². The monoisotopic (exact) mass is 609 g/mol. The summed E-state index contributed by atoms with van der Waals surface area (Å²) in [7, 11) is -15.0. The van der Waals surface area contributed by atoms with E-state index in [1.54, 1.807) is 6.92 Å². The quantitative estimate of drug-likeness (QED) is 0.328. The van der Waals surface area contributed by atoms with E-state index in [0.717, 1.165) is 55.5 Å². The van der Waals surface area contributed by atoms with Gasteiger partial charge in [-0.1, -0.05) is 31.2 Å². The summed E-state index contributed by atoms with van der Waals surface area (Å²) in [5, 5.41) is 0. The molecule has 0 unspecified atom stereocenters. The number of sulfone groups is 2. The number of sulfonamides is 1. The number of hydrogen-bond donors (Lipinski definition) is 1. The van der Waals surface area contributed by atoms with Crippen LogP contribution >= 0.6 is 0 Å². The zero-order chi connectivity index (χ0) is 29.2. The summed E-state index contributed by atoms with van der Waals surface area (Å²) in [6.07, 6.45) is 0.569. The first-order chi connectivity index (χ1) is 18.0. The van der Waals surface area contributed by atoms with E-state index in [4.69, 9.17) is 4.74 Å². The lowest BCUT2D eigenvalue weighted by Gasteiger charge is -2.17. The fourth-order valence-corrected chi connectivity index (χ4v) is 7.58. The second-order valence-electron chi connectivity index (χ2n) is 8.25. The van der Waals surface area contributed by atoms with Crippen LogP contribution in [-0.2, 0) is 29.7 Å². The van der Waals surface area contributed by atoms with Crippen LogP contribution < -0.4 is 9.46 Å². The SMILES string of the molecule is CCCOc1ccc(S(=O)(=O)c2ccc([C@H](C)NS(=O)(=O)C(F)(F)F)cc2)c(S(=O)(=O)c2ccccc2F)c1. The van der Waals surface area contributed by atoms with Crippen LogP contribution in [0.3, 0.4) is 0 Å². The Morgan fingerprint density at radius 1 is 0.821 bits per heavy atom. The molecule has 3 rings (SSSR count). The zero-order valence-corrected chi connectivity index (χ0v) is 22.9. The molecular weight excluding hydrogens is 586 g/mol. The summed E-state index contributed by atoms with van der Waals surface area (Å²) in [4.78, 5) is -2.62. The Morgan fingerprint density at radius 2 is 1.44 bits per heavy atom. The van der Waals surface area contributed by atoms with Crippen LogP contribution in [0.1, 0.15) is 31.9 Å². The molecule has 0 saturated carbocycles. The highest BCUT2D eigenvalue weighted by atomic mass is 32.2. The predicted octanol–water partition coefficient (Wildman–Crippen LogP) is 4.78. The van der Waals surface area contributed by atoms with Crippen LogP contribution in [0.5, 0.6) is 5.75 Å². The van der Waals surface area contributed by atoms with Crippen molar-refractivity contribution in [3.8, 4) is 5.75 Å². The van der Waals surface area contributed by atoms with Gasteiger partial charge in [-0.15, -0.1) is 0 Å². The Morgan fingerprint density at radius 3 is 2.00 bits per heavy atom. The van der Waals surface area contributed by atoms with Crippen LogP contribution in [0.2, 0.25) is 0 Å². The normalized spacial score (nSPS) is 13.7. The van der Waals surface area contributed by atoms with E-state index in [0.29, 0.717) is 6.42 Å². The first kappa shape index (κ1) is 30.5. The van der Waals surface area contributed by atoms with Gasteiger partial charge >= 0.3 is 15.5 Å². The third-order valence-electron chi connectivity index (χ3n) is 5.42. The van der Waals surface area contributed by atoms with Gasteiger partial charge in [0.25, 0.3) is 0 Å². The molecule has 3 aromatic carbocycles.